The van der Waals surface area contributed by atoms with Crippen molar-refractivity contribution in [1.82, 2.24) is 15.2 Å². The number of carbonyl (C=O) groups is 1. The molecule has 0 radical (unpaired) electrons. The number of para-hydroxylation sites is 1. The summed E-state index contributed by atoms with van der Waals surface area (Å²) in [6, 6.07) is 40.9. The van der Waals surface area contributed by atoms with Gasteiger partial charge in [0.2, 0.25) is 5.56 Å². The van der Waals surface area contributed by atoms with Gasteiger partial charge in [-0.25, -0.2) is 4.79 Å². The van der Waals surface area contributed by atoms with E-state index < -0.39 is 12.2 Å². The number of carbonyl (C=O) groups excluding carboxylic acids is 1. The van der Waals surface area contributed by atoms with Crippen LogP contribution in [0.1, 0.15) is 35.6 Å². The minimum atomic E-state index is -0.793. The number of fused-ring (bicyclic) bond motifs is 1. The number of phenols is 1. The van der Waals surface area contributed by atoms with Crippen LogP contribution in [0.25, 0.3) is 22.0 Å². The van der Waals surface area contributed by atoms with Crippen LogP contribution in [0.2, 0.25) is 0 Å². The second-order valence-electron chi connectivity index (χ2n) is 14.0. The van der Waals surface area contributed by atoms with E-state index in [0.717, 1.165) is 73.5 Å². The molecule has 282 valence electrons. The van der Waals surface area contributed by atoms with E-state index in [9.17, 15) is 19.8 Å². The lowest BCUT2D eigenvalue weighted by atomic mass is 10.0. The molecule has 6 N–H and O–H groups in total. The van der Waals surface area contributed by atoms with Crippen LogP contribution in [0.3, 0.4) is 0 Å². The van der Waals surface area contributed by atoms with Gasteiger partial charge in [0.15, 0.2) is 0 Å². The standard InChI is InChI=1S/C45H47N5O5/c51-41-19-17-38(39-18-20-43(53)49-44(39)41)42(52)30-46-25-21-31-13-15-34(16-14-31)47-35-10-6-7-32(29-35)22-26-50-27-23-36(24-28-50)55-45(54)48-40-12-5-4-11-37(40)33-8-2-1-3-9-33/h1-20,29,36,42,46-47,51-52H,21-28,30H2,(H,48,54)(H,49,53). The molecule has 1 aliphatic heterocycles. The molecule has 1 aliphatic rings. The topological polar surface area (TPSA) is 139 Å². The SMILES string of the molecule is O=C(Nc1ccccc1-c1ccccc1)OC1CCN(CCc2cccc(Nc3ccc(CCNCC(O)c4ccc(O)c5[nH]c(=O)ccc45)cc3)c2)CC1. The molecular formula is C45H47N5O5. The molecule has 1 fully saturated rings. The second kappa shape index (κ2) is 17.9. The van der Waals surface area contributed by atoms with Crippen LogP contribution in [0.15, 0.2) is 132 Å². The third-order valence-corrected chi connectivity index (χ3v) is 10.1. The van der Waals surface area contributed by atoms with Crippen molar-refractivity contribution in [2.24, 2.45) is 0 Å². The molecule has 0 bridgehead atoms. The van der Waals surface area contributed by atoms with Crippen LogP contribution in [0, 0.1) is 0 Å². The van der Waals surface area contributed by atoms with Gasteiger partial charge >= 0.3 is 6.09 Å². The van der Waals surface area contributed by atoms with Crippen molar-refractivity contribution in [2.45, 2.75) is 37.9 Å². The van der Waals surface area contributed by atoms with Crippen molar-refractivity contribution < 1.29 is 19.7 Å². The average Bonchev–Trinajstić information content (AvgIpc) is 3.21. The van der Waals surface area contributed by atoms with Crippen molar-refractivity contribution in [1.29, 1.82) is 0 Å². The van der Waals surface area contributed by atoms with Crippen LogP contribution in [0.4, 0.5) is 21.9 Å². The zero-order valence-electron chi connectivity index (χ0n) is 30.7. The second-order valence-corrected chi connectivity index (χ2v) is 14.0. The van der Waals surface area contributed by atoms with Crippen LogP contribution >= 0.6 is 0 Å². The summed E-state index contributed by atoms with van der Waals surface area (Å²) in [6.07, 6.45) is 2.04. The Morgan fingerprint density at radius 2 is 1.60 bits per heavy atom. The highest BCUT2D eigenvalue weighted by molar-refractivity contribution is 5.91. The molecule has 1 aromatic heterocycles. The quantitative estimate of drug-likeness (QED) is 0.0624. The summed E-state index contributed by atoms with van der Waals surface area (Å²) in [5.41, 5.74) is 7.91. The molecule has 0 spiro atoms. The number of aromatic hydroxyl groups is 1. The lowest BCUT2D eigenvalue weighted by Crippen LogP contribution is -2.39. The molecular weight excluding hydrogens is 691 g/mol. The van der Waals surface area contributed by atoms with E-state index in [1.54, 1.807) is 12.1 Å². The number of piperidine rings is 1. The Labute approximate surface area is 320 Å². The molecule has 1 saturated heterocycles. The highest BCUT2D eigenvalue weighted by Crippen LogP contribution is 2.30. The summed E-state index contributed by atoms with van der Waals surface area (Å²) in [6.45, 7) is 3.74. The first-order chi connectivity index (χ1) is 26.9. The smallest absolute Gasteiger partial charge is 0.411 e. The zero-order chi connectivity index (χ0) is 38.0. The Morgan fingerprint density at radius 1 is 0.818 bits per heavy atom. The maximum Gasteiger partial charge on any atom is 0.411 e. The molecule has 5 aromatic carbocycles. The molecule has 1 amide bonds. The zero-order valence-corrected chi connectivity index (χ0v) is 30.7. The molecule has 1 atom stereocenters. The third-order valence-electron chi connectivity index (χ3n) is 10.1. The molecule has 2 heterocycles. The Morgan fingerprint density at radius 3 is 2.42 bits per heavy atom. The highest BCUT2D eigenvalue weighted by atomic mass is 16.6. The third kappa shape index (κ3) is 9.98. The number of aromatic amines is 1. The molecule has 0 saturated carbocycles. The number of aliphatic hydroxyl groups is 1. The van der Waals surface area contributed by atoms with Crippen LogP contribution < -0.4 is 21.5 Å². The Kier molecular flexibility index (Phi) is 12.2. The van der Waals surface area contributed by atoms with Gasteiger partial charge in [-0.05, 0) is 96.9 Å². The fourth-order valence-corrected chi connectivity index (χ4v) is 7.15. The van der Waals surface area contributed by atoms with E-state index in [1.807, 2.05) is 54.6 Å². The van der Waals surface area contributed by atoms with E-state index in [1.165, 1.54) is 23.3 Å². The molecule has 10 nitrogen and oxygen atoms in total. The van der Waals surface area contributed by atoms with E-state index in [0.29, 0.717) is 29.6 Å². The number of H-pyrrole nitrogens is 1. The lowest BCUT2D eigenvalue weighted by molar-refractivity contribution is 0.0593. The first-order valence-corrected chi connectivity index (χ1v) is 18.9. The van der Waals surface area contributed by atoms with Crippen molar-refractivity contribution >= 4 is 34.1 Å². The van der Waals surface area contributed by atoms with Crippen molar-refractivity contribution in [3.8, 4) is 16.9 Å². The number of pyridine rings is 1. The maximum absolute atomic E-state index is 12.8. The minimum absolute atomic E-state index is 0.0245. The number of likely N-dealkylation sites (tertiary alicyclic amines) is 1. The van der Waals surface area contributed by atoms with E-state index in [-0.39, 0.29) is 17.4 Å². The number of aliphatic hydroxyl groups excluding tert-OH is 1. The molecule has 1 unspecified atom stereocenters. The molecule has 7 rings (SSSR count). The predicted octanol–water partition coefficient (Wildman–Crippen LogP) is 7.77. The molecule has 10 heteroatoms. The number of amides is 1. The monoisotopic (exact) mass is 737 g/mol. The number of nitrogens with zero attached hydrogens (tertiary/aromatic N) is 1. The summed E-state index contributed by atoms with van der Waals surface area (Å²) in [5, 5.41) is 31.4. The van der Waals surface area contributed by atoms with Gasteiger partial charge < -0.3 is 35.5 Å². The van der Waals surface area contributed by atoms with Crippen molar-refractivity contribution in [3.05, 3.63) is 154 Å². The summed E-state index contributed by atoms with van der Waals surface area (Å²) in [5.74, 6) is -0.0245. The number of nitrogens with one attached hydrogen (secondary N) is 4. The van der Waals surface area contributed by atoms with Crippen LogP contribution in [0.5, 0.6) is 5.75 Å². The van der Waals surface area contributed by atoms with Gasteiger partial charge in [0.1, 0.15) is 11.9 Å². The van der Waals surface area contributed by atoms with E-state index in [4.69, 9.17) is 4.74 Å². The van der Waals surface area contributed by atoms with Gasteiger partial charge in [0, 0.05) is 54.6 Å². The van der Waals surface area contributed by atoms with Crippen LogP contribution in [-0.4, -0.2) is 65.0 Å². The number of benzene rings is 5. The summed E-state index contributed by atoms with van der Waals surface area (Å²) < 4.78 is 5.83. The van der Waals surface area contributed by atoms with Crippen molar-refractivity contribution in [2.75, 3.05) is 43.4 Å². The van der Waals surface area contributed by atoms with Gasteiger partial charge in [-0.3, -0.25) is 10.1 Å². The van der Waals surface area contributed by atoms with Gasteiger partial charge in [-0.15, -0.1) is 0 Å². The fraction of sp³-hybridized carbons (Fsp3) is 0.244. The van der Waals surface area contributed by atoms with E-state index in [2.05, 4.69) is 74.4 Å². The first-order valence-electron chi connectivity index (χ1n) is 18.9. The number of phenolic OH excluding ortho intramolecular Hbond substituents is 1. The molecule has 0 aliphatic carbocycles. The Balaban J connectivity index is 0.815. The maximum atomic E-state index is 12.8. The number of anilines is 3. The Bertz CT molecular complexity index is 2250. The summed E-state index contributed by atoms with van der Waals surface area (Å²) in [7, 11) is 0. The number of hydrogen-bond donors (Lipinski definition) is 6. The van der Waals surface area contributed by atoms with Gasteiger partial charge in [0.25, 0.3) is 0 Å². The lowest BCUT2D eigenvalue weighted by Gasteiger charge is -2.31. The first kappa shape index (κ1) is 37.4. The van der Waals surface area contributed by atoms with Gasteiger partial charge in [-0.1, -0.05) is 78.9 Å². The highest BCUT2D eigenvalue weighted by Gasteiger charge is 2.23. The van der Waals surface area contributed by atoms with Gasteiger partial charge in [-0.2, -0.15) is 0 Å². The fourth-order valence-electron chi connectivity index (χ4n) is 7.15. The predicted molar refractivity (Wildman–Crippen MR) is 219 cm³/mol. The number of hydrogen-bond acceptors (Lipinski definition) is 8. The molecule has 55 heavy (non-hydrogen) atoms. The minimum Gasteiger partial charge on any atom is -0.506 e. The van der Waals surface area contributed by atoms with E-state index >= 15 is 0 Å². The number of aromatic nitrogens is 1. The summed E-state index contributed by atoms with van der Waals surface area (Å²) >= 11 is 0. The Hall–Kier alpha value is -5.94. The van der Waals surface area contributed by atoms with Crippen LogP contribution in [-0.2, 0) is 17.6 Å². The normalized spacial score (nSPS) is 14.1. The summed E-state index contributed by atoms with van der Waals surface area (Å²) in [4.78, 5) is 29.6. The number of ether oxygens (including phenoxy) is 1. The molecule has 6 aromatic rings. The largest absolute Gasteiger partial charge is 0.506 e. The van der Waals surface area contributed by atoms with Crippen molar-refractivity contribution in [3.63, 3.8) is 0 Å². The average molecular weight is 738 g/mol. The van der Waals surface area contributed by atoms with Gasteiger partial charge in [0.05, 0.1) is 17.3 Å². The number of rotatable bonds is 14.